The van der Waals surface area contributed by atoms with Gasteiger partial charge in [-0.1, -0.05) is 0 Å². The van der Waals surface area contributed by atoms with Gasteiger partial charge in [-0.3, -0.25) is 0 Å². The van der Waals surface area contributed by atoms with Crippen LogP contribution in [0.4, 0.5) is 21.9 Å². The molecule has 2 aliphatic rings. The van der Waals surface area contributed by atoms with Crippen LogP contribution >= 0.6 is 0 Å². The third-order valence-corrected chi connectivity index (χ3v) is 4.88. The number of hydrogen-bond acceptors (Lipinski definition) is 4. The predicted octanol–water partition coefficient (Wildman–Crippen LogP) is -0.198. The predicted molar refractivity (Wildman–Crippen MR) is 103 cm³/mol. The van der Waals surface area contributed by atoms with Crippen LogP contribution in [0.2, 0.25) is 0 Å². The van der Waals surface area contributed by atoms with Crippen molar-refractivity contribution in [2.24, 2.45) is 0 Å². The summed E-state index contributed by atoms with van der Waals surface area (Å²) < 4.78 is 5.22. The number of nitrogens with one attached hydrogen (secondary N) is 1. The summed E-state index contributed by atoms with van der Waals surface area (Å²) in [6, 6.07) is 16.1. The molecule has 8 heteroatoms. The number of hydrogen-bond donors (Lipinski definition) is 1. The van der Waals surface area contributed by atoms with Crippen molar-refractivity contribution in [2.75, 3.05) is 54.7 Å². The molecule has 2 heterocycles. The Morgan fingerprint density at radius 2 is 1.33 bits per heavy atom. The summed E-state index contributed by atoms with van der Waals surface area (Å²) in [5, 5.41) is 0. The first kappa shape index (κ1) is 20.4. The van der Waals surface area contributed by atoms with E-state index >= 15 is 0 Å². The Bertz CT molecular complexity index is 761. The van der Waals surface area contributed by atoms with Gasteiger partial charge in [0, 0.05) is 43.2 Å². The van der Waals surface area contributed by atoms with Gasteiger partial charge in [0.15, 0.2) is 0 Å². The van der Waals surface area contributed by atoms with Crippen LogP contribution in [-0.4, -0.2) is 46.0 Å². The number of piperazine rings is 1. The summed E-state index contributed by atoms with van der Waals surface area (Å²) in [6.45, 7) is 4.23. The molecule has 0 aromatic heterocycles. The average molecular weight is 392 g/mol. The number of carbonyl (C=O) groups excluding carboxylic acids is 1. The zero-order valence-electron chi connectivity index (χ0n) is 15.8. The zero-order chi connectivity index (χ0) is 17.9. The van der Waals surface area contributed by atoms with E-state index in [1.54, 1.807) is 12.0 Å². The van der Waals surface area contributed by atoms with E-state index in [1.165, 1.54) is 11.4 Å². The van der Waals surface area contributed by atoms with Crippen molar-refractivity contribution >= 4 is 23.1 Å². The zero-order valence-corrected chi connectivity index (χ0v) is 18.9. The Labute approximate surface area is 202 Å². The fourth-order valence-corrected chi connectivity index (χ4v) is 3.36. The number of ether oxygens (including phenoxy) is 1. The number of urea groups is 1. The second-order valence-electron chi connectivity index (χ2n) is 6.33. The molecule has 2 fully saturated rings. The third-order valence-electron chi connectivity index (χ3n) is 4.88. The van der Waals surface area contributed by atoms with E-state index in [1.807, 2.05) is 24.3 Å². The molecule has 7 nitrogen and oxygen atoms in total. The molecule has 27 heavy (non-hydrogen) atoms. The number of anilines is 3. The monoisotopic (exact) mass is 391 g/mol. The Balaban J connectivity index is 0.00000210. The fraction of sp³-hybridized carbons (Fsp3) is 0.316. The maximum atomic E-state index is 11.7. The smallest absolute Gasteiger partial charge is 0.549 e. The summed E-state index contributed by atoms with van der Waals surface area (Å²) in [5.41, 5.74) is 9.62. The summed E-state index contributed by atoms with van der Waals surface area (Å²) >= 11 is 0. The van der Waals surface area contributed by atoms with Gasteiger partial charge in [0.25, 0.3) is 0 Å². The number of nitrogens with zero attached hydrogens (tertiary/aromatic N) is 4. The molecule has 2 aliphatic heterocycles. The average Bonchev–Trinajstić information content (AvgIpc) is 3.14. The van der Waals surface area contributed by atoms with Gasteiger partial charge >= 0.3 is 57.4 Å². The summed E-state index contributed by atoms with van der Waals surface area (Å²) in [4.78, 5) is 18.0. The van der Waals surface area contributed by atoms with Gasteiger partial charge in [-0.2, -0.15) is 0 Å². The minimum Gasteiger partial charge on any atom is -0.549 e. The first-order valence-electron chi connectivity index (χ1n) is 8.72. The maximum absolute atomic E-state index is 11.7. The van der Waals surface area contributed by atoms with Gasteiger partial charge in [0.05, 0.1) is 7.11 Å². The molecule has 0 aliphatic carbocycles. The molecule has 0 atom stereocenters. The van der Waals surface area contributed by atoms with E-state index in [2.05, 4.69) is 44.9 Å². The van der Waals surface area contributed by atoms with E-state index < -0.39 is 0 Å². The largest absolute Gasteiger partial charge is 1.00 e. The topological polar surface area (TPSA) is 62.2 Å². The molecule has 0 bridgehead atoms. The SMILES string of the molecule is COc1ccc(N2CCN(c3ccc(N4C[N-]NC4=O)cc3)CC2)cc1.[K+]. The second-order valence-corrected chi connectivity index (χ2v) is 6.33. The molecule has 1 N–H and O–H groups in total. The van der Waals surface area contributed by atoms with E-state index in [0.29, 0.717) is 6.67 Å². The van der Waals surface area contributed by atoms with Crippen molar-refractivity contribution in [3.05, 3.63) is 54.0 Å². The quantitative estimate of drug-likeness (QED) is 0.734. The maximum Gasteiger partial charge on any atom is 1.00 e. The summed E-state index contributed by atoms with van der Waals surface area (Å²) in [6.07, 6.45) is 0. The van der Waals surface area contributed by atoms with E-state index in [4.69, 9.17) is 4.74 Å². The van der Waals surface area contributed by atoms with Crippen LogP contribution in [-0.2, 0) is 0 Å². The molecule has 136 valence electrons. The normalized spacial score (nSPS) is 16.8. The van der Waals surface area contributed by atoms with Crippen LogP contribution in [0, 0.1) is 0 Å². The van der Waals surface area contributed by atoms with Gasteiger partial charge < -0.3 is 30.3 Å². The van der Waals surface area contributed by atoms with Crippen molar-refractivity contribution in [3.63, 3.8) is 0 Å². The van der Waals surface area contributed by atoms with Crippen LogP contribution in [0.15, 0.2) is 48.5 Å². The molecular formula is C19H22KN5O2. The number of amides is 2. The Morgan fingerprint density at radius 1 is 0.852 bits per heavy atom. The van der Waals surface area contributed by atoms with Crippen molar-refractivity contribution < 1.29 is 60.9 Å². The number of rotatable bonds is 4. The van der Waals surface area contributed by atoms with Crippen LogP contribution < -0.4 is 76.2 Å². The minimum atomic E-state index is -0.175. The van der Waals surface area contributed by atoms with E-state index in [0.717, 1.165) is 37.6 Å². The molecule has 2 aromatic rings. The molecule has 2 saturated heterocycles. The van der Waals surface area contributed by atoms with Crippen molar-refractivity contribution in [2.45, 2.75) is 0 Å². The molecule has 0 radical (unpaired) electrons. The number of methoxy groups -OCH3 is 1. The molecule has 2 aromatic carbocycles. The van der Waals surface area contributed by atoms with Crippen molar-refractivity contribution in [3.8, 4) is 5.75 Å². The van der Waals surface area contributed by atoms with Gasteiger partial charge in [-0.25, -0.2) is 4.79 Å². The van der Waals surface area contributed by atoms with Crippen LogP contribution in [0.25, 0.3) is 5.43 Å². The fourth-order valence-electron chi connectivity index (χ4n) is 3.36. The molecule has 0 saturated carbocycles. The Kier molecular flexibility index (Phi) is 7.02. The summed E-state index contributed by atoms with van der Waals surface area (Å²) in [7, 11) is 1.68. The van der Waals surface area contributed by atoms with Gasteiger partial charge in [0.2, 0.25) is 0 Å². The molecule has 0 unspecified atom stereocenters. The van der Waals surface area contributed by atoms with Gasteiger partial charge in [0.1, 0.15) is 5.75 Å². The number of benzene rings is 2. The minimum absolute atomic E-state index is 0. The van der Waals surface area contributed by atoms with Gasteiger partial charge in [-0.15, -0.1) is 0 Å². The van der Waals surface area contributed by atoms with Crippen LogP contribution in [0.1, 0.15) is 0 Å². The molecule has 2 amide bonds. The van der Waals surface area contributed by atoms with Crippen molar-refractivity contribution in [1.29, 1.82) is 0 Å². The van der Waals surface area contributed by atoms with Crippen molar-refractivity contribution in [1.82, 2.24) is 5.43 Å². The Morgan fingerprint density at radius 3 is 1.78 bits per heavy atom. The van der Waals surface area contributed by atoms with Gasteiger partial charge in [-0.05, 0) is 55.2 Å². The molecular weight excluding hydrogens is 369 g/mol. The first-order chi connectivity index (χ1) is 12.7. The Hall–Kier alpha value is -1.29. The van der Waals surface area contributed by atoms with E-state index in [-0.39, 0.29) is 57.4 Å². The van der Waals surface area contributed by atoms with Crippen LogP contribution in [0.3, 0.4) is 0 Å². The standard InChI is InChI=1S/C19H22N5O2.K/c1-26-18-8-6-16(7-9-18)23-12-10-22(11-13-23)15-2-4-17(5-3-15)24-14-20-21-19(24)25;/h2-9H,10-14H2,1H3,(H,21,25);/q-1;+1. The number of carbonyl (C=O) groups is 1. The van der Waals surface area contributed by atoms with E-state index in [9.17, 15) is 4.79 Å². The molecule has 4 rings (SSSR count). The first-order valence-corrected chi connectivity index (χ1v) is 8.72. The van der Waals surface area contributed by atoms with Crippen LogP contribution in [0.5, 0.6) is 5.75 Å². The summed E-state index contributed by atoms with van der Waals surface area (Å²) in [5.74, 6) is 0.881. The molecule has 0 spiro atoms. The third kappa shape index (κ3) is 4.59. The second kappa shape index (κ2) is 9.27.